The van der Waals surface area contributed by atoms with Gasteiger partial charge in [-0.15, -0.1) is 0 Å². The summed E-state index contributed by atoms with van der Waals surface area (Å²) >= 11 is 6.18. The molecular formula is C16H15ClN2O. The van der Waals surface area contributed by atoms with Crippen molar-refractivity contribution in [2.24, 2.45) is 0 Å². The van der Waals surface area contributed by atoms with Crippen LogP contribution in [-0.2, 0) is 6.54 Å². The van der Waals surface area contributed by atoms with Crippen LogP contribution < -0.4 is 10.1 Å². The van der Waals surface area contributed by atoms with Gasteiger partial charge in [0.25, 0.3) is 0 Å². The molecule has 2 aromatic rings. The fraction of sp³-hybridized carbons (Fsp3) is 0.188. The molecule has 0 saturated carbocycles. The normalized spacial score (nSPS) is 9.85. The van der Waals surface area contributed by atoms with E-state index in [9.17, 15) is 0 Å². The average molecular weight is 287 g/mol. The highest BCUT2D eigenvalue weighted by Gasteiger charge is 2.06. The number of benzene rings is 2. The zero-order chi connectivity index (χ0) is 14.4. The molecule has 0 amide bonds. The number of aryl methyl sites for hydroxylation is 1. The van der Waals surface area contributed by atoms with Gasteiger partial charge in [-0.1, -0.05) is 41.9 Å². The number of nitrogens with one attached hydrogen (secondary N) is 1. The minimum atomic E-state index is 0.0438. The van der Waals surface area contributed by atoms with Gasteiger partial charge in [0.05, 0.1) is 10.7 Å². The van der Waals surface area contributed by atoms with E-state index in [1.165, 1.54) is 0 Å². The third-order valence-electron chi connectivity index (χ3n) is 2.94. The van der Waals surface area contributed by atoms with Crippen LogP contribution in [0, 0.1) is 18.3 Å². The molecule has 0 bridgehead atoms. The monoisotopic (exact) mass is 286 g/mol. The molecule has 4 heteroatoms. The number of halogens is 1. The summed E-state index contributed by atoms with van der Waals surface area (Å²) in [5.74, 6) is 0.714. The first-order valence-corrected chi connectivity index (χ1v) is 6.67. The Morgan fingerprint density at radius 1 is 1.20 bits per heavy atom. The van der Waals surface area contributed by atoms with E-state index >= 15 is 0 Å². The van der Waals surface area contributed by atoms with Crippen molar-refractivity contribution in [3.05, 3.63) is 58.6 Å². The minimum absolute atomic E-state index is 0.0438. The molecule has 0 atom stereocenters. The average Bonchev–Trinajstić information content (AvgIpc) is 2.45. The molecule has 0 aliphatic heterocycles. The van der Waals surface area contributed by atoms with Gasteiger partial charge in [0, 0.05) is 12.1 Å². The molecule has 1 N–H and O–H groups in total. The molecule has 0 radical (unpaired) electrons. The molecule has 0 spiro atoms. The number of anilines is 1. The van der Waals surface area contributed by atoms with Gasteiger partial charge >= 0.3 is 0 Å². The standard InChI is InChI=1S/C16H15ClN2O/c1-12-5-4-7-14(17)16(12)19-11-13-6-2-3-8-15(13)20-10-9-18/h2-8,19H,10-11H2,1H3. The molecule has 0 saturated heterocycles. The lowest BCUT2D eigenvalue weighted by molar-refractivity contribution is 0.364. The summed E-state index contributed by atoms with van der Waals surface area (Å²) in [5.41, 5.74) is 3.00. The quantitative estimate of drug-likeness (QED) is 0.897. The highest BCUT2D eigenvalue weighted by atomic mass is 35.5. The summed E-state index contributed by atoms with van der Waals surface area (Å²) in [6.07, 6.45) is 0. The molecular weight excluding hydrogens is 272 g/mol. The van der Waals surface area contributed by atoms with E-state index in [0.717, 1.165) is 16.8 Å². The van der Waals surface area contributed by atoms with Crippen molar-refractivity contribution >= 4 is 17.3 Å². The van der Waals surface area contributed by atoms with Crippen LogP contribution in [0.4, 0.5) is 5.69 Å². The second-order valence-corrected chi connectivity index (χ2v) is 4.75. The predicted molar refractivity (Wildman–Crippen MR) is 81.1 cm³/mol. The van der Waals surface area contributed by atoms with Crippen LogP contribution in [0.15, 0.2) is 42.5 Å². The van der Waals surface area contributed by atoms with Gasteiger partial charge in [-0.05, 0) is 24.6 Å². The van der Waals surface area contributed by atoms with Crippen molar-refractivity contribution in [3.8, 4) is 11.8 Å². The summed E-state index contributed by atoms with van der Waals surface area (Å²) in [4.78, 5) is 0. The van der Waals surface area contributed by atoms with Crippen LogP contribution >= 0.6 is 11.6 Å². The highest BCUT2D eigenvalue weighted by molar-refractivity contribution is 6.33. The van der Waals surface area contributed by atoms with Crippen molar-refractivity contribution in [1.82, 2.24) is 0 Å². The number of para-hydroxylation sites is 2. The first-order chi connectivity index (χ1) is 9.72. The molecule has 0 aliphatic carbocycles. The second-order valence-electron chi connectivity index (χ2n) is 4.34. The lowest BCUT2D eigenvalue weighted by atomic mass is 10.1. The van der Waals surface area contributed by atoms with Crippen molar-refractivity contribution < 1.29 is 4.74 Å². The Balaban J connectivity index is 2.13. The van der Waals surface area contributed by atoms with E-state index in [0.29, 0.717) is 17.3 Å². The lowest BCUT2D eigenvalue weighted by Gasteiger charge is -2.13. The fourth-order valence-corrected chi connectivity index (χ4v) is 2.23. The fourth-order valence-electron chi connectivity index (χ4n) is 1.94. The number of hydrogen-bond donors (Lipinski definition) is 1. The van der Waals surface area contributed by atoms with Crippen molar-refractivity contribution in [3.63, 3.8) is 0 Å². The van der Waals surface area contributed by atoms with Gasteiger partial charge in [-0.3, -0.25) is 0 Å². The largest absolute Gasteiger partial charge is 0.478 e. The van der Waals surface area contributed by atoms with E-state index < -0.39 is 0 Å². The third-order valence-corrected chi connectivity index (χ3v) is 3.26. The Labute approximate surface area is 123 Å². The highest BCUT2D eigenvalue weighted by Crippen LogP contribution is 2.27. The Bertz CT molecular complexity index is 614. The Kier molecular flexibility index (Phi) is 4.86. The number of rotatable bonds is 5. The number of nitriles is 1. The number of nitrogens with zero attached hydrogens (tertiary/aromatic N) is 1. The Morgan fingerprint density at radius 3 is 2.75 bits per heavy atom. The van der Waals surface area contributed by atoms with Gasteiger partial charge in [0.1, 0.15) is 11.8 Å². The second kappa shape index (κ2) is 6.83. The predicted octanol–water partition coefficient (Wildman–Crippen LogP) is 4.16. The maximum atomic E-state index is 8.59. The molecule has 0 unspecified atom stereocenters. The van der Waals surface area contributed by atoms with Gasteiger partial charge < -0.3 is 10.1 Å². The van der Waals surface area contributed by atoms with Crippen LogP contribution in [0.1, 0.15) is 11.1 Å². The SMILES string of the molecule is Cc1cccc(Cl)c1NCc1ccccc1OCC#N. The Hall–Kier alpha value is -2.18. The minimum Gasteiger partial charge on any atom is -0.478 e. The molecule has 0 fully saturated rings. The van der Waals surface area contributed by atoms with E-state index in [-0.39, 0.29) is 6.61 Å². The van der Waals surface area contributed by atoms with Crippen molar-refractivity contribution in [2.75, 3.05) is 11.9 Å². The molecule has 0 aromatic heterocycles. The maximum absolute atomic E-state index is 8.59. The third kappa shape index (κ3) is 3.43. The summed E-state index contributed by atoms with van der Waals surface area (Å²) in [5, 5.41) is 12.6. The van der Waals surface area contributed by atoms with Crippen molar-refractivity contribution in [1.29, 1.82) is 5.26 Å². The van der Waals surface area contributed by atoms with E-state index in [1.807, 2.05) is 55.5 Å². The number of ether oxygens (including phenoxy) is 1. The molecule has 0 heterocycles. The number of hydrogen-bond acceptors (Lipinski definition) is 3. The Morgan fingerprint density at radius 2 is 2.00 bits per heavy atom. The van der Waals surface area contributed by atoms with Gasteiger partial charge in [0.2, 0.25) is 0 Å². The maximum Gasteiger partial charge on any atom is 0.174 e. The summed E-state index contributed by atoms with van der Waals surface area (Å²) in [7, 11) is 0. The zero-order valence-electron chi connectivity index (χ0n) is 11.2. The first kappa shape index (κ1) is 14.2. The molecule has 0 aliphatic rings. The molecule has 3 nitrogen and oxygen atoms in total. The van der Waals surface area contributed by atoms with Crippen LogP contribution in [-0.4, -0.2) is 6.61 Å². The topological polar surface area (TPSA) is 45.0 Å². The summed E-state index contributed by atoms with van der Waals surface area (Å²) < 4.78 is 5.40. The summed E-state index contributed by atoms with van der Waals surface area (Å²) in [6, 6.07) is 15.4. The van der Waals surface area contributed by atoms with Crippen LogP contribution in [0.25, 0.3) is 0 Å². The van der Waals surface area contributed by atoms with E-state index in [4.69, 9.17) is 21.6 Å². The van der Waals surface area contributed by atoms with Gasteiger partial charge in [-0.25, -0.2) is 0 Å². The first-order valence-electron chi connectivity index (χ1n) is 6.29. The molecule has 102 valence electrons. The van der Waals surface area contributed by atoms with Gasteiger partial charge in [-0.2, -0.15) is 5.26 Å². The molecule has 20 heavy (non-hydrogen) atoms. The molecule has 2 rings (SSSR count). The smallest absolute Gasteiger partial charge is 0.174 e. The van der Waals surface area contributed by atoms with Crippen LogP contribution in [0.3, 0.4) is 0 Å². The molecule has 2 aromatic carbocycles. The van der Waals surface area contributed by atoms with E-state index in [1.54, 1.807) is 0 Å². The van der Waals surface area contributed by atoms with E-state index in [2.05, 4.69) is 5.32 Å². The summed E-state index contributed by atoms with van der Waals surface area (Å²) in [6.45, 7) is 2.64. The zero-order valence-corrected chi connectivity index (χ0v) is 11.9. The van der Waals surface area contributed by atoms with Gasteiger partial charge in [0.15, 0.2) is 6.61 Å². The van der Waals surface area contributed by atoms with Crippen molar-refractivity contribution in [2.45, 2.75) is 13.5 Å². The van der Waals surface area contributed by atoms with Crippen LogP contribution in [0.5, 0.6) is 5.75 Å². The lowest BCUT2D eigenvalue weighted by Crippen LogP contribution is -2.05. The van der Waals surface area contributed by atoms with Crippen LogP contribution in [0.2, 0.25) is 5.02 Å².